The highest BCUT2D eigenvalue weighted by Gasteiger charge is 2.00. The molecule has 60 valence electrons. The van der Waals surface area contributed by atoms with Gasteiger partial charge in [0.15, 0.2) is 0 Å². The van der Waals surface area contributed by atoms with Crippen LogP contribution in [0.5, 0.6) is 0 Å². The van der Waals surface area contributed by atoms with Crippen LogP contribution in [0, 0.1) is 0 Å². The zero-order valence-electron chi connectivity index (χ0n) is 6.03. The Morgan fingerprint density at radius 3 is 2.75 bits per heavy atom. The zero-order chi connectivity index (χ0) is 8.39. The third-order valence-corrected chi connectivity index (χ3v) is 1.63. The first-order valence-electron chi connectivity index (χ1n) is 3.34. The van der Waals surface area contributed by atoms with E-state index in [0.717, 1.165) is 5.69 Å². The highest BCUT2D eigenvalue weighted by Crippen LogP contribution is 2.14. The standard InChI is InChI=1S/C7H5ClN4/c8-5-1-2-6(9-3-5)7-4-10-12-11-7/h1-4H,(H,10,11,12). The lowest BCUT2D eigenvalue weighted by molar-refractivity contribution is 0.941. The number of halogens is 1. The Morgan fingerprint density at radius 2 is 2.17 bits per heavy atom. The van der Waals surface area contributed by atoms with Crippen LogP contribution < -0.4 is 0 Å². The van der Waals surface area contributed by atoms with Gasteiger partial charge in [-0.25, -0.2) is 0 Å². The molecule has 2 aromatic rings. The van der Waals surface area contributed by atoms with Crippen molar-refractivity contribution in [2.75, 3.05) is 0 Å². The van der Waals surface area contributed by atoms with Crippen LogP contribution >= 0.6 is 11.6 Å². The van der Waals surface area contributed by atoms with Gasteiger partial charge in [0.2, 0.25) is 0 Å². The van der Waals surface area contributed by atoms with Crippen LogP contribution in [0.4, 0.5) is 0 Å². The molecule has 12 heavy (non-hydrogen) atoms. The maximum absolute atomic E-state index is 5.67. The molecule has 0 unspecified atom stereocenters. The molecule has 0 atom stereocenters. The second-order valence-electron chi connectivity index (χ2n) is 2.22. The number of pyridine rings is 1. The van der Waals surface area contributed by atoms with E-state index in [0.29, 0.717) is 10.7 Å². The molecule has 5 heteroatoms. The van der Waals surface area contributed by atoms with Crippen LogP contribution in [-0.4, -0.2) is 20.4 Å². The number of aromatic nitrogens is 4. The minimum Gasteiger partial charge on any atom is -0.265 e. The summed E-state index contributed by atoms with van der Waals surface area (Å²) in [6, 6.07) is 3.55. The SMILES string of the molecule is Clc1ccc(-c2c[nH]nn2)nc1. The molecule has 2 aromatic heterocycles. The lowest BCUT2D eigenvalue weighted by Crippen LogP contribution is -1.81. The Morgan fingerprint density at radius 1 is 1.25 bits per heavy atom. The van der Waals surface area contributed by atoms with Gasteiger partial charge >= 0.3 is 0 Å². The smallest absolute Gasteiger partial charge is 0.131 e. The van der Waals surface area contributed by atoms with E-state index in [9.17, 15) is 0 Å². The summed E-state index contributed by atoms with van der Waals surface area (Å²) in [5, 5.41) is 10.6. The second kappa shape index (κ2) is 2.91. The van der Waals surface area contributed by atoms with Crippen LogP contribution in [-0.2, 0) is 0 Å². The molecule has 0 radical (unpaired) electrons. The van der Waals surface area contributed by atoms with Crippen molar-refractivity contribution in [3.8, 4) is 11.4 Å². The first-order valence-corrected chi connectivity index (χ1v) is 3.72. The van der Waals surface area contributed by atoms with E-state index < -0.39 is 0 Å². The normalized spacial score (nSPS) is 10.1. The van der Waals surface area contributed by atoms with Gasteiger partial charge in [-0.2, -0.15) is 0 Å². The molecular formula is C7H5ClN4. The highest BCUT2D eigenvalue weighted by atomic mass is 35.5. The quantitative estimate of drug-likeness (QED) is 0.724. The topological polar surface area (TPSA) is 54.5 Å². The van der Waals surface area contributed by atoms with Crippen LogP contribution in [0.25, 0.3) is 11.4 Å². The minimum absolute atomic E-state index is 0.613. The van der Waals surface area contributed by atoms with Crippen molar-refractivity contribution in [2.45, 2.75) is 0 Å². The van der Waals surface area contributed by atoms with Crippen molar-refractivity contribution in [1.82, 2.24) is 20.4 Å². The number of nitrogens with zero attached hydrogens (tertiary/aromatic N) is 3. The third-order valence-electron chi connectivity index (χ3n) is 1.41. The van der Waals surface area contributed by atoms with Crippen molar-refractivity contribution in [3.05, 3.63) is 29.5 Å². The third kappa shape index (κ3) is 1.29. The van der Waals surface area contributed by atoms with Crippen molar-refractivity contribution < 1.29 is 0 Å². The molecule has 2 rings (SSSR count). The number of hydrogen-bond donors (Lipinski definition) is 1. The molecule has 2 heterocycles. The van der Waals surface area contributed by atoms with Crippen molar-refractivity contribution in [2.24, 2.45) is 0 Å². The molecule has 0 aliphatic rings. The van der Waals surface area contributed by atoms with Crippen molar-refractivity contribution in [1.29, 1.82) is 0 Å². The van der Waals surface area contributed by atoms with Crippen molar-refractivity contribution in [3.63, 3.8) is 0 Å². The Balaban J connectivity index is 2.43. The van der Waals surface area contributed by atoms with Crippen molar-refractivity contribution >= 4 is 11.6 Å². The predicted octanol–water partition coefficient (Wildman–Crippen LogP) is 1.52. The van der Waals surface area contributed by atoms with Gasteiger partial charge < -0.3 is 0 Å². The fourth-order valence-electron chi connectivity index (χ4n) is 0.854. The highest BCUT2D eigenvalue weighted by molar-refractivity contribution is 6.30. The van der Waals surface area contributed by atoms with Gasteiger partial charge in [-0.3, -0.25) is 10.1 Å². The summed E-state index contributed by atoms with van der Waals surface area (Å²) in [6.07, 6.45) is 3.25. The number of rotatable bonds is 1. The summed E-state index contributed by atoms with van der Waals surface area (Å²) >= 11 is 5.67. The van der Waals surface area contributed by atoms with Crippen LogP contribution in [0.2, 0.25) is 5.02 Å². The summed E-state index contributed by atoms with van der Waals surface area (Å²) in [6.45, 7) is 0. The average molecular weight is 181 g/mol. The van der Waals surface area contributed by atoms with Gasteiger partial charge in [0.25, 0.3) is 0 Å². The molecule has 1 N–H and O–H groups in total. The maximum Gasteiger partial charge on any atom is 0.131 e. The van der Waals surface area contributed by atoms with E-state index in [4.69, 9.17) is 11.6 Å². The summed E-state index contributed by atoms with van der Waals surface area (Å²) in [5.74, 6) is 0. The Kier molecular flexibility index (Phi) is 1.75. The summed E-state index contributed by atoms with van der Waals surface area (Å²) in [7, 11) is 0. The molecule has 0 bridgehead atoms. The molecule has 0 amide bonds. The number of hydrogen-bond acceptors (Lipinski definition) is 3. The molecule has 0 aromatic carbocycles. The van der Waals surface area contributed by atoms with Gasteiger partial charge in [0.05, 0.1) is 16.9 Å². The number of nitrogens with one attached hydrogen (secondary N) is 1. The van der Waals surface area contributed by atoms with Gasteiger partial charge in [-0.05, 0) is 12.1 Å². The predicted molar refractivity (Wildman–Crippen MR) is 44.6 cm³/mol. The summed E-state index contributed by atoms with van der Waals surface area (Å²) < 4.78 is 0. The molecule has 0 saturated heterocycles. The van der Waals surface area contributed by atoms with E-state index in [-0.39, 0.29) is 0 Å². The molecule has 0 aliphatic heterocycles. The lowest BCUT2D eigenvalue weighted by Gasteiger charge is -1.92. The first-order chi connectivity index (χ1) is 5.86. The second-order valence-corrected chi connectivity index (χ2v) is 2.66. The molecule has 0 saturated carbocycles. The van der Waals surface area contributed by atoms with Gasteiger partial charge in [-0.1, -0.05) is 16.8 Å². The van der Waals surface area contributed by atoms with Gasteiger partial charge in [-0.15, -0.1) is 5.10 Å². The van der Waals surface area contributed by atoms with Gasteiger partial charge in [0.1, 0.15) is 5.69 Å². The van der Waals surface area contributed by atoms with Crippen LogP contribution in [0.15, 0.2) is 24.5 Å². The van der Waals surface area contributed by atoms with Crippen LogP contribution in [0.3, 0.4) is 0 Å². The Labute approximate surface area is 73.6 Å². The molecule has 4 nitrogen and oxygen atoms in total. The molecule has 0 fully saturated rings. The van der Waals surface area contributed by atoms with E-state index >= 15 is 0 Å². The average Bonchev–Trinajstić information content (AvgIpc) is 2.58. The van der Waals surface area contributed by atoms with Crippen LogP contribution in [0.1, 0.15) is 0 Å². The largest absolute Gasteiger partial charge is 0.265 e. The minimum atomic E-state index is 0.613. The first kappa shape index (κ1) is 7.24. The maximum atomic E-state index is 5.67. The number of H-pyrrole nitrogens is 1. The summed E-state index contributed by atoms with van der Waals surface area (Å²) in [5.41, 5.74) is 1.47. The Bertz CT molecular complexity index is 353. The molecule has 0 spiro atoms. The fourth-order valence-corrected chi connectivity index (χ4v) is 0.966. The molecule has 0 aliphatic carbocycles. The number of aromatic amines is 1. The monoisotopic (exact) mass is 180 g/mol. The fraction of sp³-hybridized carbons (Fsp3) is 0. The zero-order valence-corrected chi connectivity index (χ0v) is 6.78. The van der Waals surface area contributed by atoms with E-state index in [2.05, 4.69) is 20.4 Å². The van der Waals surface area contributed by atoms with Gasteiger partial charge in [0, 0.05) is 6.20 Å². The lowest BCUT2D eigenvalue weighted by atomic mass is 10.3. The van der Waals surface area contributed by atoms with E-state index in [1.54, 1.807) is 24.5 Å². The summed E-state index contributed by atoms with van der Waals surface area (Å²) in [4.78, 5) is 4.07. The van der Waals surface area contributed by atoms with E-state index in [1.165, 1.54) is 0 Å². The van der Waals surface area contributed by atoms with E-state index in [1.807, 2.05) is 0 Å². The Hall–Kier alpha value is -1.42. The molecular weight excluding hydrogens is 176 g/mol.